The van der Waals surface area contributed by atoms with E-state index in [2.05, 4.69) is 10.3 Å². The number of hydrogen-bond acceptors (Lipinski definition) is 4. The summed E-state index contributed by atoms with van der Waals surface area (Å²) in [6.45, 7) is 1.30. The molecule has 1 aromatic heterocycles. The summed E-state index contributed by atoms with van der Waals surface area (Å²) in [4.78, 5) is 17.8. The molecular weight excluding hydrogens is 336 g/mol. The van der Waals surface area contributed by atoms with E-state index in [1.54, 1.807) is 7.11 Å². The van der Waals surface area contributed by atoms with Gasteiger partial charge < -0.3 is 10.1 Å². The molecule has 0 atom stereocenters. The van der Waals surface area contributed by atoms with E-state index in [0.29, 0.717) is 29.4 Å². The second-order valence-corrected chi connectivity index (χ2v) is 6.41. The molecule has 0 bridgehead atoms. The molecule has 27 heavy (non-hydrogen) atoms. The van der Waals surface area contributed by atoms with Crippen molar-refractivity contribution in [3.8, 4) is 11.1 Å². The number of hydrogen-bond donors (Lipinski definition) is 1. The van der Waals surface area contributed by atoms with Crippen molar-refractivity contribution in [1.82, 2.24) is 4.98 Å². The van der Waals surface area contributed by atoms with Crippen molar-refractivity contribution >= 4 is 27.4 Å². The van der Waals surface area contributed by atoms with Crippen LogP contribution in [0.3, 0.4) is 0 Å². The van der Waals surface area contributed by atoms with Crippen LogP contribution in [0.15, 0.2) is 77.7 Å². The Kier molecular flexibility index (Phi) is 4.81. The minimum absolute atomic E-state index is 0.00864. The molecule has 0 saturated heterocycles. The third-order valence-corrected chi connectivity index (χ3v) is 4.62. The minimum atomic E-state index is -0.00864. The van der Waals surface area contributed by atoms with Crippen molar-refractivity contribution in [3.05, 3.63) is 83.2 Å². The zero-order chi connectivity index (χ0) is 18.6. The molecule has 0 spiro atoms. The molecule has 4 nitrogen and oxygen atoms in total. The Morgan fingerprint density at radius 1 is 0.926 bits per heavy atom. The Morgan fingerprint density at radius 2 is 1.74 bits per heavy atom. The molecule has 0 aliphatic carbocycles. The summed E-state index contributed by atoms with van der Waals surface area (Å²) < 4.78 is 5.07. The highest BCUT2D eigenvalue weighted by atomic mass is 16.5. The van der Waals surface area contributed by atoms with E-state index in [1.165, 1.54) is 0 Å². The molecule has 3 aromatic carbocycles. The fraction of sp³-hybridized carbons (Fsp3) is 0.130. The Morgan fingerprint density at radius 3 is 2.56 bits per heavy atom. The van der Waals surface area contributed by atoms with Crippen LogP contribution in [0.25, 0.3) is 32.8 Å². The van der Waals surface area contributed by atoms with Gasteiger partial charge in [0.15, 0.2) is 5.43 Å². The van der Waals surface area contributed by atoms with Crippen LogP contribution < -0.4 is 10.7 Å². The number of nitrogens with zero attached hydrogens (tertiary/aromatic N) is 1. The maximum Gasteiger partial charge on any atom is 0.195 e. The van der Waals surface area contributed by atoms with E-state index in [1.807, 2.05) is 72.9 Å². The highest BCUT2D eigenvalue weighted by molar-refractivity contribution is 5.94. The molecule has 1 heterocycles. The van der Waals surface area contributed by atoms with Crippen molar-refractivity contribution in [2.45, 2.75) is 0 Å². The third-order valence-electron chi connectivity index (χ3n) is 4.62. The molecule has 0 aliphatic rings. The van der Waals surface area contributed by atoms with Crippen LogP contribution in [0.5, 0.6) is 0 Å². The maximum atomic E-state index is 13.3. The fourth-order valence-electron chi connectivity index (χ4n) is 3.20. The van der Waals surface area contributed by atoms with E-state index in [0.717, 1.165) is 22.2 Å². The van der Waals surface area contributed by atoms with Gasteiger partial charge >= 0.3 is 0 Å². The predicted octanol–water partition coefficient (Wildman–Crippen LogP) is 4.47. The summed E-state index contributed by atoms with van der Waals surface area (Å²) >= 11 is 0. The van der Waals surface area contributed by atoms with E-state index >= 15 is 0 Å². The second kappa shape index (κ2) is 7.56. The molecule has 4 rings (SSSR count). The van der Waals surface area contributed by atoms with Crippen molar-refractivity contribution in [1.29, 1.82) is 0 Å². The van der Waals surface area contributed by atoms with E-state index < -0.39 is 0 Å². The topological polar surface area (TPSA) is 51.2 Å². The minimum Gasteiger partial charge on any atom is -0.383 e. The van der Waals surface area contributed by atoms with Crippen molar-refractivity contribution < 1.29 is 4.74 Å². The number of anilines is 1. The number of benzene rings is 2. The summed E-state index contributed by atoms with van der Waals surface area (Å²) in [5, 5.41) is 5.49. The lowest BCUT2D eigenvalue weighted by Crippen LogP contribution is -2.08. The van der Waals surface area contributed by atoms with Gasteiger partial charge in [0.25, 0.3) is 0 Å². The quantitative estimate of drug-likeness (QED) is 0.536. The van der Waals surface area contributed by atoms with E-state index in [9.17, 15) is 4.79 Å². The second-order valence-electron chi connectivity index (χ2n) is 6.41. The lowest BCUT2D eigenvalue weighted by Gasteiger charge is -2.05. The number of rotatable bonds is 5. The monoisotopic (exact) mass is 356 g/mol. The normalized spacial score (nSPS) is 11.0. The number of methoxy groups -OCH3 is 1. The molecule has 0 saturated carbocycles. The van der Waals surface area contributed by atoms with E-state index in [-0.39, 0.29) is 5.43 Å². The third kappa shape index (κ3) is 3.52. The van der Waals surface area contributed by atoms with Gasteiger partial charge in [0.2, 0.25) is 0 Å². The van der Waals surface area contributed by atoms with Gasteiger partial charge in [0.05, 0.1) is 12.1 Å². The SMILES string of the molecule is COCCNc1ccc2ccc3ncc(-c4ccccc4)cc3c(=O)c2c1. The number of ether oxygens (including phenoxy) is 1. The summed E-state index contributed by atoms with van der Waals surface area (Å²) in [5.74, 6) is 0. The summed E-state index contributed by atoms with van der Waals surface area (Å²) in [6.07, 6.45) is 1.82. The first-order valence-electron chi connectivity index (χ1n) is 8.91. The van der Waals surface area contributed by atoms with Crippen molar-refractivity contribution in [2.75, 3.05) is 25.6 Å². The van der Waals surface area contributed by atoms with Crippen LogP contribution in [0.4, 0.5) is 5.69 Å². The maximum absolute atomic E-state index is 13.3. The van der Waals surface area contributed by atoms with Gasteiger partial charge in [0.1, 0.15) is 0 Å². The highest BCUT2D eigenvalue weighted by Gasteiger charge is 2.07. The summed E-state index contributed by atoms with van der Waals surface area (Å²) in [7, 11) is 1.67. The van der Waals surface area contributed by atoms with Gasteiger partial charge in [-0.15, -0.1) is 0 Å². The first kappa shape index (κ1) is 17.2. The zero-order valence-electron chi connectivity index (χ0n) is 15.1. The van der Waals surface area contributed by atoms with Crippen molar-refractivity contribution in [3.63, 3.8) is 0 Å². The highest BCUT2D eigenvalue weighted by Crippen LogP contribution is 2.23. The Hall–Kier alpha value is -3.24. The predicted molar refractivity (Wildman–Crippen MR) is 111 cm³/mol. The lowest BCUT2D eigenvalue weighted by molar-refractivity contribution is 0.211. The molecule has 0 unspecified atom stereocenters. The van der Waals surface area contributed by atoms with Crippen LogP contribution in [0.2, 0.25) is 0 Å². The first-order chi connectivity index (χ1) is 13.3. The number of aromatic nitrogens is 1. The lowest BCUT2D eigenvalue weighted by atomic mass is 10.1. The van der Waals surface area contributed by atoms with Gasteiger partial charge in [0, 0.05) is 41.9 Å². The standard InChI is InChI=1S/C23H20N2O2/c1-27-12-11-24-19-9-7-17-8-10-22-21(23(26)20(17)14-19)13-18(15-25-22)16-5-3-2-4-6-16/h2-10,13-15,24H,11-12H2,1H3. The largest absolute Gasteiger partial charge is 0.383 e. The van der Waals surface area contributed by atoms with Gasteiger partial charge in [-0.25, -0.2) is 0 Å². The van der Waals surface area contributed by atoms with E-state index in [4.69, 9.17) is 4.74 Å². The van der Waals surface area contributed by atoms with Crippen LogP contribution in [-0.4, -0.2) is 25.2 Å². The summed E-state index contributed by atoms with van der Waals surface area (Å²) in [5.41, 5.74) is 3.58. The molecule has 0 radical (unpaired) electrons. The van der Waals surface area contributed by atoms with Crippen molar-refractivity contribution in [2.24, 2.45) is 0 Å². The number of nitrogens with one attached hydrogen (secondary N) is 1. The van der Waals surface area contributed by atoms with Gasteiger partial charge in [-0.05, 0) is 35.2 Å². The van der Waals surface area contributed by atoms with Crippen LogP contribution >= 0.6 is 0 Å². The first-order valence-corrected chi connectivity index (χ1v) is 8.91. The molecule has 1 N–H and O–H groups in total. The molecule has 4 aromatic rings. The molecule has 134 valence electrons. The number of pyridine rings is 1. The summed E-state index contributed by atoms with van der Waals surface area (Å²) in [6, 6.07) is 21.6. The fourth-order valence-corrected chi connectivity index (χ4v) is 3.20. The molecular formula is C23H20N2O2. The van der Waals surface area contributed by atoms with Gasteiger partial charge in [-0.1, -0.05) is 42.5 Å². The molecule has 0 fully saturated rings. The zero-order valence-corrected chi connectivity index (χ0v) is 15.1. The van der Waals surface area contributed by atoms with Crippen LogP contribution in [0.1, 0.15) is 0 Å². The average Bonchev–Trinajstić information content (AvgIpc) is 2.85. The Bertz CT molecular complexity index is 1160. The molecule has 4 heteroatoms. The molecule has 0 amide bonds. The van der Waals surface area contributed by atoms with Crippen LogP contribution in [-0.2, 0) is 4.74 Å². The number of fused-ring (bicyclic) bond motifs is 2. The van der Waals surface area contributed by atoms with Crippen LogP contribution in [0, 0.1) is 0 Å². The smallest absolute Gasteiger partial charge is 0.195 e. The Balaban J connectivity index is 1.88. The van der Waals surface area contributed by atoms with Gasteiger partial charge in [-0.2, -0.15) is 0 Å². The van der Waals surface area contributed by atoms with Gasteiger partial charge in [-0.3, -0.25) is 9.78 Å². The average molecular weight is 356 g/mol. The Labute approximate surface area is 157 Å². The molecule has 0 aliphatic heterocycles.